The molecule has 10 nitrogen and oxygen atoms in total. The van der Waals surface area contributed by atoms with Gasteiger partial charge in [-0.15, -0.1) is 0 Å². The van der Waals surface area contributed by atoms with E-state index < -0.39 is 42.1 Å². The molecule has 41 heavy (non-hydrogen) atoms. The van der Waals surface area contributed by atoms with Gasteiger partial charge in [0.05, 0.1) is 24.3 Å². The molecule has 5 atom stereocenters. The fourth-order valence-electron chi connectivity index (χ4n) is 4.36. The predicted octanol–water partition coefficient (Wildman–Crippen LogP) is 3.83. The van der Waals surface area contributed by atoms with E-state index in [-0.39, 0.29) is 29.5 Å². The lowest BCUT2D eigenvalue weighted by Crippen LogP contribution is -2.42. The Kier molecular flexibility index (Phi) is 13.3. The molecule has 224 valence electrons. The average molecular weight is 571 g/mol. The molecule has 1 aliphatic heterocycles. The van der Waals surface area contributed by atoms with E-state index in [1.165, 1.54) is 33.1 Å². The Morgan fingerprint density at radius 2 is 1.85 bits per heavy atom. The van der Waals surface area contributed by atoms with E-state index >= 15 is 0 Å². The Balaban J connectivity index is 2.38. The summed E-state index contributed by atoms with van der Waals surface area (Å²) in [7, 11) is 1.48. The Hall–Kier alpha value is -3.89. The molecule has 2 amide bonds. The summed E-state index contributed by atoms with van der Waals surface area (Å²) in [6.07, 6.45) is 11.3. The molecule has 1 aromatic rings. The average Bonchev–Trinajstić information content (AvgIpc) is 2.91. The SMILES string of the molecule is COC1\C=C/C=C/C=C/CC(OC(=O)C(C)NC(C)=O)C(C)C(O)/C(C)=C\CCc2cc(O)cc(c2O)NC(=O)C1. The minimum atomic E-state index is -0.941. The number of ether oxygens (including phenoxy) is 2. The molecule has 1 aliphatic rings. The maximum absolute atomic E-state index is 12.7. The smallest absolute Gasteiger partial charge is 0.328 e. The van der Waals surface area contributed by atoms with Crippen LogP contribution in [0, 0.1) is 5.92 Å². The Labute approximate surface area is 241 Å². The number of hydrogen-bond donors (Lipinski definition) is 5. The number of benzene rings is 1. The molecular formula is C31H42N2O8. The Morgan fingerprint density at radius 3 is 2.54 bits per heavy atom. The van der Waals surface area contributed by atoms with Crippen molar-refractivity contribution in [2.45, 2.75) is 77.7 Å². The summed E-state index contributed by atoms with van der Waals surface area (Å²) >= 11 is 0. The highest BCUT2D eigenvalue weighted by Crippen LogP contribution is 2.34. The minimum absolute atomic E-state index is 0.0111. The Bertz CT molecular complexity index is 1190. The van der Waals surface area contributed by atoms with Crippen molar-refractivity contribution in [2.75, 3.05) is 12.4 Å². The lowest BCUT2D eigenvalue weighted by Gasteiger charge is -2.29. The summed E-state index contributed by atoms with van der Waals surface area (Å²) in [6, 6.07) is 1.86. The molecule has 0 saturated carbocycles. The molecule has 5 unspecified atom stereocenters. The number of carbonyl (C=O) groups is 3. The highest BCUT2D eigenvalue weighted by molar-refractivity contribution is 5.93. The molecule has 10 heteroatoms. The zero-order valence-corrected chi connectivity index (χ0v) is 24.3. The van der Waals surface area contributed by atoms with Crippen molar-refractivity contribution in [1.82, 2.24) is 5.32 Å². The van der Waals surface area contributed by atoms with Gasteiger partial charge in [-0.1, -0.05) is 49.5 Å². The van der Waals surface area contributed by atoms with Gasteiger partial charge in [-0.05, 0) is 43.9 Å². The highest BCUT2D eigenvalue weighted by atomic mass is 16.5. The lowest BCUT2D eigenvalue weighted by atomic mass is 9.90. The van der Waals surface area contributed by atoms with Gasteiger partial charge >= 0.3 is 5.97 Å². The van der Waals surface area contributed by atoms with E-state index in [2.05, 4.69) is 10.6 Å². The van der Waals surface area contributed by atoms with Crippen LogP contribution in [0.2, 0.25) is 0 Å². The standard InChI is InChI=1S/C31H42N2O8/c1-19-12-11-13-23-16-24(35)17-26(30(23)38)33-28(36)18-25(40-5)14-9-7-6-8-10-15-27(20(2)29(19)37)41-31(39)21(3)32-22(4)34/h6-10,12,14,16-17,20-21,25,27,29,35,37-38H,11,13,15,18H2,1-5H3,(H,32,34)(H,33,36)/b7-6+,10-8+,14-9-,19-12-. The molecule has 0 fully saturated rings. The lowest BCUT2D eigenvalue weighted by molar-refractivity contribution is -0.156. The number of aliphatic hydroxyl groups is 1. The first-order valence-electron chi connectivity index (χ1n) is 13.6. The molecule has 0 aromatic heterocycles. The van der Waals surface area contributed by atoms with Gasteiger partial charge in [-0.25, -0.2) is 4.79 Å². The largest absolute Gasteiger partial charge is 0.508 e. The van der Waals surface area contributed by atoms with Crippen LogP contribution < -0.4 is 10.6 Å². The van der Waals surface area contributed by atoms with Gasteiger partial charge in [0, 0.05) is 32.4 Å². The minimum Gasteiger partial charge on any atom is -0.508 e. The molecule has 0 aliphatic carbocycles. The van der Waals surface area contributed by atoms with Crippen molar-refractivity contribution in [1.29, 1.82) is 0 Å². The van der Waals surface area contributed by atoms with E-state index in [9.17, 15) is 29.7 Å². The van der Waals surface area contributed by atoms with Crippen molar-refractivity contribution < 1.29 is 39.2 Å². The van der Waals surface area contributed by atoms with Crippen molar-refractivity contribution in [2.24, 2.45) is 5.92 Å². The zero-order valence-electron chi connectivity index (χ0n) is 24.3. The topological polar surface area (TPSA) is 154 Å². The van der Waals surface area contributed by atoms with Crippen molar-refractivity contribution in [3.8, 4) is 11.5 Å². The number of esters is 1. The number of rotatable bonds is 4. The van der Waals surface area contributed by atoms with Gasteiger partial charge in [-0.3, -0.25) is 9.59 Å². The normalized spacial score (nSPS) is 27.1. The number of nitrogens with one attached hydrogen (secondary N) is 2. The second-order valence-corrected chi connectivity index (χ2v) is 10.1. The summed E-state index contributed by atoms with van der Waals surface area (Å²) in [5.41, 5.74) is 1.16. The van der Waals surface area contributed by atoms with Crippen LogP contribution in [0.15, 0.2) is 60.2 Å². The third kappa shape index (κ3) is 10.9. The van der Waals surface area contributed by atoms with E-state index in [4.69, 9.17) is 9.47 Å². The van der Waals surface area contributed by atoms with Crippen molar-refractivity contribution in [3.05, 3.63) is 65.8 Å². The molecule has 0 spiro atoms. The van der Waals surface area contributed by atoms with Crippen molar-refractivity contribution >= 4 is 23.5 Å². The number of phenolic OH excluding ortho intramolecular Hbond substituents is 2. The maximum Gasteiger partial charge on any atom is 0.328 e. The van der Waals surface area contributed by atoms with Crippen LogP contribution in [0.25, 0.3) is 0 Å². The second kappa shape index (κ2) is 16.4. The maximum atomic E-state index is 12.7. The quantitative estimate of drug-likeness (QED) is 0.158. The first-order chi connectivity index (χ1) is 19.4. The first kappa shape index (κ1) is 33.3. The molecule has 1 aromatic carbocycles. The highest BCUT2D eigenvalue weighted by Gasteiger charge is 2.29. The zero-order chi connectivity index (χ0) is 30.5. The predicted molar refractivity (Wildman–Crippen MR) is 156 cm³/mol. The third-order valence-electron chi connectivity index (χ3n) is 6.77. The molecule has 2 bridgehead atoms. The van der Waals surface area contributed by atoms with Crippen LogP contribution in [-0.2, 0) is 30.3 Å². The second-order valence-electron chi connectivity index (χ2n) is 10.1. The number of aryl methyl sites for hydroxylation is 1. The van der Waals surface area contributed by atoms with E-state index in [0.29, 0.717) is 30.4 Å². The fourth-order valence-corrected chi connectivity index (χ4v) is 4.36. The monoisotopic (exact) mass is 570 g/mol. The summed E-state index contributed by atoms with van der Waals surface area (Å²) in [5, 5.41) is 37.2. The number of amides is 2. The molecule has 2 rings (SSSR count). The number of allylic oxidation sites excluding steroid dienone is 5. The number of carbonyl (C=O) groups excluding carboxylic acids is 3. The van der Waals surface area contributed by atoms with Crippen LogP contribution in [0.5, 0.6) is 11.5 Å². The van der Waals surface area contributed by atoms with E-state index in [1.807, 2.05) is 12.2 Å². The van der Waals surface area contributed by atoms with Crippen LogP contribution in [0.4, 0.5) is 5.69 Å². The number of hydrogen-bond acceptors (Lipinski definition) is 8. The number of methoxy groups -OCH3 is 1. The number of aliphatic hydroxyl groups excluding tert-OH is 1. The van der Waals surface area contributed by atoms with Crippen LogP contribution in [0.1, 0.15) is 52.5 Å². The third-order valence-corrected chi connectivity index (χ3v) is 6.77. The van der Waals surface area contributed by atoms with Gasteiger partial charge in [0.1, 0.15) is 23.6 Å². The van der Waals surface area contributed by atoms with Gasteiger partial charge < -0.3 is 35.4 Å². The summed E-state index contributed by atoms with van der Waals surface area (Å²) in [4.78, 5) is 36.7. The summed E-state index contributed by atoms with van der Waals surface area (Å²) < 4.78 is 11.1. The van der Waals surface area contributed by atoms with Crippen LogP contribution in [0.3, 0.4) is 0 Å². The van der Waals surface area contributed by atoms with Gasteiger partial charge in [0.15, 0.2) is 0 Å². The molecule has 0 saturated heterocycles. The van der Waals surface area contributed by atoms with Gasteiger partial charge in [0.2, 0.25) is 11.8 Å². The van der Waals surface area contributed by atoms with Gasteiger partial charge in [-0.2, -0.15) is 0 Å². The number of fused-ring (bicyclic) bond motifs is 2. The van der Waals surface area contributed by atoms with Crippen molar-refractivity contribution in [3.63, 3.8) is 0 Å². The van der Waals surface area contributed by atoms with E-state index in [1.54, 1.807) is 44.2 Å². The fraction of sp³-hybridized carbons (Fsp3) is 0.452. The van der Waals surface area contributed by atoms with E-state index in [0.717, 1.165) is 0 Å². The molecule has 1 heterocycles. The number of phenols is 2. The Morgan fingerprint density at radius 1 is 1.15 bits per heavy atom. The number of aromatic hydroxyl groups is 2. The number of anilines is 1. The molecular weight excluding hydrogens is 528 g/mol. The summed E-state index contributed by atoms with van der Waals surface area (Å²) in [5.74, 6) is -2.11. The van der Waals surface area contributed by atoms with Crippen LogP contribution >= 0.6 is 0 Å². The first-order valence-corrected chi connectivity index (χ1v) is 13.6. The molecule has 0 radical (unpaired) electrons. The van der Waals surface area contributed by atoms with Crippen LogP contribution in [-0.4, -0.2) is 64.6 Å². The molecule has 5 N–H and O–H groups in total. The summed E-state index contributed by atoms with van der Waals surface area (Å²) in [6.45, 7) is 6.40. The van der Waals surface area contributed by atoms with Gasteiger partial charge in [0.25, 0.3) is 0 Å².